The standard InChI is InChI=1S/C41H26NO2P/c43-45(33-22-20-27-10-1-3-12-29(27)24-33,34-23-21-28-11-2-4-13-30(28)25-34)32-15-9-14-31(26-32)41-39-35-16-5-7-18-37(35)42-40(39)36-17-6-8-19-38(36)44-41/h1-26H. The van der Waals surface area contributed by atoms with Crippen LogP contribution in [-0.4, -0.2) is 4.98 Å². The Labute approximate surface area is 260 Å². The van der Waals surface area contributed by atoms with E-state index in [1.54, 1.807) is 0 Å². The summed E-state index contributed by atoms with van der Waals surface area (Å²) in [6.45, 7) is 0. The Hall–Kier alpha value is -5.50. The van der Waals surface area contributed by atoms with Gasteiger partial charge in [-0.3, -0.25) is 0 Å². The number of aromatic nitrogens is 1. The summed E-state index contributed by atoms with van der Waals surface area (Å²) < 4.78 is 22.6. The molecule has 0 saturated carbocycles. The minimum Gasteiger partial charge on any atom is -0.455 e. The van der Waals surface area contributed by atoms with E-state index in [0.29, 0.717) is 0 Å². The monoisotopic (exact) mass is 595 g/mol. The lowest BCUT2D eigenvalue weighted by atomic mass is 9.99. The fourth-order valence-electron chi connectivity index (χ4n) is 6.66. The summed E-state index contributed by atoms with van der Waals surface area (Å²) in [5.41, 5.74) is 4.43. The second kappa shape index (κ2) is 10.0. The molecule has 2 aliphatic heterocycles. The summed E-state index contributed by atoms with van der Waals surface area (Å²) in [4.78, 5) is 5.04. The minimum atomic E-state index is -3.33. The van der Waals surface area contributed by atoms with Crippen LogP contribution in [0.5, 0.6) is 0 Å². The highest BCUT2D eigenvalue weighted by atomic mass is 31.2. The fourth-order valence-corrected chi connectivity index (χ4v) is 9.38. The van der Waals surface area contributed by atoms with Gasteiger partial charge in [0.05, 0.1) is 16.8 Å². The van der Waals surface area contributed by atoms with Gasteiger partial charge in [-0.1, -0.05) is 121 Å². The second-order valence-corrected chi connectivity index (χ2v) is 14.3. The first-order chi connectivity index (χ1) is 22.2. The molecule has 0 amide bonds. The van der Waals surface area contributed by atoms with Gasteiger partial charge in [0, 0.05) is 32.2 Å². The van der Waals surface area contributed by atoms with E-state index in [-0.39, 0.29) is 0 Å². The van der Waals surface area contributed by atoms with Crippen molar-refractivity contribution in [3.05, 3.63) is 158 Å². The van der Waals surface area contributed by atoms with Crippen molar-refractivity contribution in [2.75, 3.05) is 0 Å². The van der Waals surface area contributed by atoms with Crippen LogP contribution in [0.25, 0.3) is 66.0 Å². The van der Waals surface area contributed by atoms with E-state index >= 15 is 4.57 Å². The zero-order valence-corrected chi connectivity index (χ0v) is 25.1. The van der Waals surface area contributed by atoms with Crippen molar-refractivity contribution in [2.24, 2.45) is 0 Å². The van der Waals surface area contributed by atoms with E-state index in [2.05, 4.69) is 66.7 Å². The maximum Gasteiger partial charge on any atom is 0.171 e. The normalized spacial score (nSPS) is 12.1. The molecule has 2 aliphatic rings. The predicted molar refractivity (Wildman–Crippen MR) is 188 cm³/mol. The maximum absolute atomic E-state index is 15.9. The number of fused-ring (bicyclic) bond motifs is 7. The van der Waals surface area contributed by atoms with Gasteiger partial charge in [0.1, 0.15) is 11.3 Å². The number of nitrogens with zero attached hydrogens (tertiary/aromatic N) is 1. The van der Waals surface area contributed by atoms with Crippen molar-refractivity contribution in [3.8, 4) is 22.6 Å². The van der Waals surface area contributed by atoms with E-state index in [0.717, 1.165) is 81.9 Å². The van der Waals surface area contributed by atoms with Gasteiger partial charge in [0.2, 0.25) is 0 Å². The SMILES string of the molecule is O=P(c1cccc(-c2oc3ccccc3c3nc4ccccc4c2-3)c1)(c1ccc2ccccc2c1)c1ccc2ccccc2c1. The smallest absolute Gasteiger partial charge is 0.171 e. The Morgan fingerprint density at radius 3 is 1.78 bits per heavy atom. The highest BCUT2D eigenvalue weighted by molar-refractivity contribution is 7.85. The van der Waals surface area contributed by atoms with E-state index in [1.807, 2.05) is 91.0 Å². The van der Waals surface area contributed by atoms with Crippen LogP contribution in [0.3, 0.4) is 0 Å². The van der Waals surface area contributed by atoms with Gasteiger partial charge < -0.3 is 8.98 Å². The Kier molecular flexibility index (Phi) is 5.78. The molecule has 0 spiro atoms. The largest absolute Gasteiger partial charge is 0.455 e. The molecule has 0 bridgehead atoms. The van der Waals surface area contributed by atoms with Crippen molar-refractivity contribution in [2.45, 2.75) is 0 Å². The molecule has 0 aliphatic carbocycles. The molecule has 4 heteroatoms. The number of hydrogen-bond acceptors (Lipinski definition) is 3. The minimum absolute atomic E-state index is 0.725. The first-order valence-electron chi connectivity index (χ1n) is 15.1. The first kappa shape index (κ1) is 25.9. The van der Waals surface area contributed by atoms with Gasteiger partial charge in [-0.15, -0.1) is 0 Å². The predicted octanol–water partition coefficient (Wildman–Crippen LogP) is 9.70. The maximum atomic E-state index is 15.9. The molecule has 0 unspecified atom stereocenters. The molecule has 0 radical (unpaired) electrons. The molecule has 2 heterocycles. The average molecular weight is 596 g/mol. The van der Waals surface area contributed by atoms with Crippen molar-refractivity contribution in [1.82, 2.24) is 4.98 Å². The summed E-state index contributed by atoms with van der Waals surface area (Å²) in [5.74, 6) is 0.725. The summed E-state index contributed by atoms with van der Waals surface area (Å²) in [6, 6.07) is 53.1. The second-order valence-electron chi connectivity index (χ2n) is 11.5. The van der Waals surface area contributed by atoms with Gasteiger partial charge in [0.25, 0.3) is 0 Å². The first-order valence-corrected chi connectivity index (χ1v) is 16.8. The van der Waals surface area contributed by atoms with Gasteiger partial charge in [-0.2, -0.15) is 0 Å². The molecule has 7 aromatic rings. The molecular weight excluding hydrogens is 569 g/mol. The van der Waals surface area contributed by atoms with Crippen LogP contribution in [0.4, 0.5) is 0 Å². The Bertz CT molecular complexity index is 2520. The Balaban J connectivity index is 1.32. The van der Waals surface area contributed by atoms with E-state index in [4.69, 9.17) is 9.40 Å². The molecule has 3 nitrogen and oxygen atoms in total. The van der Waals surface area contributed by atoms with Crippen LogP contribution in [0.2, 0.25) is 0 Å². The van der Waals surface area contributed by atoms with Crippen molar-refractivity contribution >= 4 is 66.5 Å². The van der Waals surface area contributed by atoms with Gasteiger partial charge in [0.15, 0.2) is 7.14 Å². The van der Waals surface area contributed by atoms with Gasteiger partial charge >= 0.3 is 0 Å². The van der Waals surface area contributed by atoms with Crippen LogP contribution in [0, 0.1) is 0 Å². The molecule has 0 atom stereocenters. The quantitative estimate of drug-likeness (QED) is 0.190. The number of rotatable bonds is 4. The van der Waals surface area contributed by atoms with Crippen molar-refractivity contribution < 1.29 is 8.98 Å². The molecule has 0 N–H and O–H groups in total. The summed E-state index contributed by atoms with van der Waals surface area (Å²) >= 11 is 0. The molecule has 7 aromatic carbocycles. The number of benzene rings is 7. The van der Waals surface area contributed by atoms with Gasteiger partial charge in [-0.05, 0) is 57.9 Å². The van der Waals surface area contributed by atoms with Crippen molar-refractivity contribution in [1.29, 1.82) is 0 Å². The fraction of sp³-hybridized carbons (Fsp3) is 0. The van der Waals surface area contributed by atoms with Crippen LogP contribution in [0.1, 0.15) is 0 Å². The molecule has 0 fully saturated rings. The Morgan fingerprint density at radius 2 is 1.07 bits per heavy atom. The molecule has 9 rings (SSSR count). The van der Waals surface area contributed by atoms with Crippen LogP contribution in [0.15, 0.2) is 162 Å². The average Bonchev–Trinajstić information content (AvgIpc) is 3.51. The van der Waals surface area contributed by atoms with Crippen molar-refractivity contribution in [3.63, 3.8) is 0 Å². The highest BCUT2D eigenvalue weighted by Crippen LogP contribution is 2.47. The lowest BCUT2D eigenvalue weighted by Gasteiger charge is -2.22. The number of para-hydroxylation sites is 2. The number of hydrogen-bond donors (Lipinski definition) is 0. The zero-order chi connectivity index (χ0) is 30.0. The molecule has 0 saturated heterocycles. The third-order valence-electron chi connectivity index (χ3n) is 8.89. The topological polar surface area (TPSA) is 43.1 Å². The summed E-state index contributed by atoms with van der Waals surface area (Å²) in [6.07, 6.45) is 0. The molecule has 212 valence electrons. The third kappa shape index (κ3) is 4.05. The lowest BCUT2D eigenvalue weighted by molar-refractivity contribution is 0.592. The summed E-state index contributed by atoms with van der Waals surface area (Å²) in [5, 5.41) is 8.73. The van der Waals surface area contributed by atoms with Crippen LogP contribution >= 0.6 is 7.14 Å². The highest BCUT2D eigenvalue weighted by Gasteiger charge is 2.32. The van der Waals surface area contributed by atoms with Crippen LogP contribution in [-0.2, 0) is 4.57 Å². The lowest BCUT2D eigenvalue weighted by Crippen LogP contribution is -2.25. The van der Waals surface area contributed by atoms with Gasteiger partial charge in [-0.25, -0.2) is 4.98 Å². The molecule has 0 aromatic heterocycles. The Morgan fingerprint density at radius 1 is 0.489 bits per heavy atom. The van der Waals surface area contributed by atoms with E-state index in [9.17, 15) is 0 Å². The summed E-state index contributed by atoms with van der Waals surface area (Å²) in [7, 11) is -3.33. The molecule has 45 heavy (non-hydrogen) atoms. The molecular formula is C41H26NO2P. The van der Waals surface area contributed by atoms with E-state index in [1.165, 1.54) is 0 Å². The van der Waals surface area contributed by atoms with Crippen LogP contribution < -0.4 is 15.9 Å². The zero-order valence-electron chi connectivity index (χ0n) is 24.2. The third-order valence-corrected chi connectivity index (χ3v) is 11.9. The van der Waals surface area contributed by atoms with E-state index < -0.39 is 7.14 Å².